The van der Waals surface area contributed by atoms with Gasteiger partial charge in [-0.2, -0.15) is 0 Å². The largest absolute Gasteiger partial charge is 0.497 e. The molecule has 0 saturated carbocycles. The topological polar surface area (TPSA) is 43.4 Å². The lowest BCUT2D eigenvalue weighted by molar-refractivity contribution is 0.389. The molecular formula is C14H18N2O2S. The Labute approximate surface area is 117 Å². The first-order valence-electron chi connectivity index (χ1n) is 6.05. The van der Waals surface area contributed by atoms with Crippen LogP contribution in [0.2, 0.25) is 0 Å². The number of aromatic nitrogens is 1. The van der Waals surface area contributed by atoms with Gasteiger partial charge in [-0.05, 0) is 13.0 Å². The van der Waals surface area contributed by atoms with Crippen molar-refractivity contribution in [1.82, 2.24) is 10.3 Å². The van der Waals surface area contributed by atoms with Crippen LogP contribution in [0.3, 0.4) is 0 Å². The standard InChI is InChI=1S/C14H18N2O2S/c1-10-16-12(9-19-10)8-15-7-11-4-5-13(17-2)6-14(11)18-3/h4-6,9,15H,7-8H2,1-3H3. The van der Waals surface area contributed by atoms with E-state index in [0.717, 1.165) is 40.9 Å². The highest BCUT2D eigenvalue weighted by molar-refractivity contribution is 7.09. The van der Waals surface area contributed by atoms with Crippen LogP contribution < -0.4 is 14.8 Å². The van der Waals surface area contributed by atoms with Crippen molar-refractivity contribution in [2.75, 3.05) is 14.2 Å². The van der Waals surface area contributed by atoms with Crippen molar-refractivity contribution >= 4 is 11.3 Å². The van der Waals surface area contributed by atoms with Crippen LogP contribution in [0.4, 0.5) is 0 Å². The fraction of sp³-hybridized carbons (Fsp3) is 0.357. The molecule has 0 saturated heterocycles. The number of benzene rings is 1. The van der Waals surface area contributed by atoms with Gasteiger partial charge in [0.15, 0.2) is 0 Å². The van der Waals surface area contributed by atoms with Gasteiger partial charge < -0.3 is 14.8 Å². The van der Waals surface area contributed by atoms with Gasteiger partial charge in [0.25, 0.3) is 0 Å². The van der Waals surface area contributed by atoms with E-state index < -0.39 is 0 Å². The summed E-state index contributed by atoms with van der Waals surface area (Å²) in [5.74, 6) is 1.64. The first-order chi connectivity index (χ1) is 9.22. The van der Waals surface area contributed by atoms with Gasteiger partial charge in [0.1, 0.15) is 11.5 Å². The second-order valence-electron chi connectivity index (χ2n) is 4.14. The van der Waals surface area contributed by atoms with E-state index in [1.807, 2.05) is 25.1 Å². The van der Waals surface area contributed by atoms with Crippen LogP contribution in [0.15, 0.2) is 23.6 Å². The molecule has 2 rings (SSSR count). The van der Waals surface area contributed by atoms with E-state index in [1.165, 1.54) is 0 Å². The van der Waals surface area contributed by atoms with Crippen molar-refractivity contribution in [2.45, 2.75) is 20.0 Å². The number of aryl methyl sites for hydroxylation is 1. The molecule has 2 aromatic rings. The van der Waals surface area contributed by atoms with Crippen LogP contribution >= 0.6 is 11.3 Å². The molecule has 19 heavy (non-hydrogen) atoms. The highest BCUT2D eigenvalue weighted by Crippen LogP contribution is 2.24. The molecule has 0 aliphatic heterocycles. The second kappa shape index (κ2) is 6.54. The summed E-state index contributed by atoms with van der Waals surface area (Å²) < 4.78 is 10.5. The van der Waals surface area contributed by atoms with Crippen molar-refractivity contribution in [3.63, 3.8) is 0 Å². The van der Waals surface area contributed by atoms with Crippen molar-refractivity contribution < 1.29 is 9.47 Å². The average molecular weight is 278 g/mol. The lowest BCUT2D eigenvalue weighted by atomic mass is 10.2. The Morgan fingerprint density at radius 3 is 2.68 bits per heavy atom. The number of nitrogens with zero attached hydrogens (tertiary/aromatic N) is 1. The van der Waals surface area contributed by atoms with Gasteiger partial charge >= 0.3 is 0 Å². The Morgan fingerprint density at radius 1 is 1.21 bits per heavy atom. The minimum absolute atomic E-state index is 0.740. The molecule has 0 aliphatic carbocycles. The quantitative estimate of drug-likeness (QED) is 0.882. The van der Waals surface area contributed by atoms with E-state index in [4.69, 9.17) is 9.47 Å². The highest BCUT2D eigenvalue weighted by atomic mass is 32.1. The number of methoxy groups -OCH3 is 2. The number of ether oxygens (including phenoxy) is 2. The molecule has 1 heterocycles. The predicted octanol–water partition coefficient (Wildman–Crippen LogP) is 2.76. The predicted molar refractivity (Wildman–Crippen MR) is 76.9 cm³/mol. The normalized spacial score (nSPS) is 10.5. The van der Waals surface area contributed by atoms with Gasteiger partial charge in [0.05, 0.1) is 24.9 Å². The zero-order valence-corrected chi connectivity index (χ0v) is 12.2. The minimum Gasteiger partial charge on any atom is -0.497 e. The molecule has 5 heteroatoms. The first kappa shape index (κ1) is 13.8. The summed E-state index contributed by atoms with van der Waals surface area (Å²) in [6.45, 7) is 3.52. The van der Waals surface area contributed by atoms with E-state index in [0.29, 0.717) is 0 Å². The average Bonchev–Trinajstić information content (AvgIpc) is 2.84. The van der Waals surface area contributed by atoms with Gasteiger partial charge in [-0.3, -0.25) is 0 Å². The third-order valence-corrected chi connectivity index (χ3v) is 3.60. The number of thiazole rings is 1. The maximum Gasteiger partial charge on any atom is 0.127 e. The van der Waals surface area contributed by atoms with E-state index in [-0.39, 0.29) is 0 Å². The molecule has 4 nitrogen and oxygen atoms in total. The maximum atomic E-state index is 5.36. The molecule has 0 aliphatic rings. The molecule has 1 N–H and O–H groups in total. The van der Waals surface area contributed by atoms with Crippen LogP contribution in [0.1, 0.15) is 16.3 Å². The van der Waals surface area contributed by atoms with Crippen molar-refractivity contribution in [2.24, 2.45) is 0 Å². The number of hydrogen-bond donors (Lipinski definition) is 1. The minimum atomic E-state index is 0.740. The van der Waals surface area contributed by atoms with Gasteiger partial charge in [-0.1, -0.05) is 6.07 Å². The number of hydrogen-bond acceptors (Lipinski definition) is 5. The highest BCUT2D eigenvalue weighted by Gasteiger charge is 2.05. The van der Waals surface area contributed by atoms with E-state index >= 15 is 0 Å². The molecule has 0 unspecified atom stereocenters. The maximum absolute atomic E-state index is 5.36. The molecule has 0 radical (unpaired) electrons. The van der Waals surface area contributed by atoms with Crippen LogP contribution in [-0.4, -0.2) is 19.2 Å². The van der Waals surface area contributed by atoms with Crippen molar-refractivity contribution in [3.8, 4) is 11.5 Å². The Kier molecular flexibility index (Phi) is 4.76. The molecule has 1 aromatic carbocycles. The second-order valence-corrected chi connectivity index (χ2v) is 5.20. The van der Waals surface area contributed by atoms with Gasteiger partial charge in [0.2, 0.25) is 0 Å². The van der Waals surface area contributed by atoms with E-state index in [1.54, 1.807) is 25.6 Å². The smallest absolute Gasteiger partial charge is 0.127 e. The first-order valence-corrected chi connectivity index (χ1v) is 6.93. The van der Waals surface area contributed by atoms with Crippen LogP contribution in [0, 0.1) is 6.92 Å². The fourth-order valence-electron chi connectivity index (χ4n) is 1.81. The Morgan fingerprint density at radius 2 is 2.05 bits per heavy atom. The summed E-state index contributed by atoms with van der Waals surface area (Å²) in [5.41, 5.74) is 2.19. The molecule has 102 valence electrons. The Balaban J connectivity index is 1.95. The third-order valence-electron chi connectivity index (χ3n) is 2.78. The van der Waals surface area contributed by atoms with E-state index in [2.05, 4.69) is 15.7 Å². The summed E-state index contributed by atoms with van der Waals surface area (Å²) in [4.78, 5) is 4.42. The molecule has 0 bridgehead atoms. The third kappa shape index (κ3) is 3.68. The van der Waals surface area contributed by atoms with Gasteiger partial charge in [-0.15, -0.1) is 11.3 Å². The lowest BCUT2D eigenvalue weighted by Gasteiger charge is -2.10. The molecule has 0 atom stereocenters. The summed E-state index contributed by atoms with van der Waals surface area (Å²) >= 11 is 1.67. The number of nitrogens with one attached hydrogen (secondary N) is 1. The zero-order chi connectivity index (χ0) is 13.7. The van der Waals surface area contributed by atoms with Crippen LogP contribution in [0.5, 0.6) is 11.5 Å². The van der Waals surface area contributed by atoms with Crippen molar-refractivity contribution in [3.05, 3.63) is 39.8 Å². The fourth-order valence-corrected chi connectivity index (χ4v) is 2.43. The van der Waals surface area contributed by atoms with Crippen LogP contribution in [-0.2, 0) is 13.1 Å². The lowest BCUT2D eigenvalue weighted by Crippen LogP contribution is -2.13. The molecular weight excluding hydrogens is 260 g/mol. The Hall–Kier alpha value is -1.59. The SMILES string of the molecule is COc1ccc(CNCc2csc(C)n2)c(OC)c1. The Bertz CT molecular complexity index is 540. The van der Waals surface area contributed by atoms with Gasteiger partial charge in [-0.25, -0.2) is 4.98 Å². The monoisotopic (exact) mass is 278 g/mol. The molecule has 1 aromatic heterocycles. The number of rotatable bonds is 6. The summed E-state index contributed by atoms with van der Waals surface area (Å²) in [6, 6.07) is 5.84. The van der Waals surface area contributed by atoms with Crippen molar-refractivity contribution in [1.29, 1.82) is 0 Å². The summed E-state index contributed by atoms with van der Waals surface area (Å²) in [7, 11) is 3.32. The molecule has 0 fully saturated rings. The van der Waals surface area contributed by atoms with Crippen LogP contribution in [0.25, 0.3) is 0 Å². The zero-order valence-electron chi connectivity index (χ0n) is 11.4. The molecule has 0 amide bonds. The van der Waals surface area contributed by atoms with Gasteiger partial charge in [0, 0.05) is 30.1 Å². The van der Waals surface area contributed by atoms with E-state index in [9.17, 15) is 0 Å². The summed E-state index contributed by atoms with van der Waals surface area (Å²) in [6.07, 6.45) is 0. The summed E-state index contributed by atoms with van der Waals surface area (Å²) in [5, 5.41) is 6.54. The molecule has 0 spiro atoms.